The van der Waals surface area contributed by atoms with Gasteiger partial charge in [0.2, 0.25) is 5.91 Å². The van der Waals surface area contributed by atoms with Crippen molar-refractivity contribution in [3.8, 4) is 0 Å². The van der Waals surface area contributed by atoms with Crippen molar-refractivity contribution in [1.29, 1.82) is 0 Å². The molecule has 0 bridgehead atoms. The van der Waals surface area contributed by atoms with Crippen LogP contribution >= 0.6 is 0 Å². The fraction of sp³-hybridized carbons (Fsp3) is 0.429. The molecule has 0 aliphatic carbocycles. The zero-order valence-corrected chi connectivity index (χ0v) is 11.3. The highest BCUT2D eigenvalue weighted by atomic mass is 16.2. The highest BCUT2D eigenvalue weighted by Crippen LogP contribution is 2.19. The Labute approximate surface area is 108 Å². The van der Waals surface area contributed by atoms with Gasteiger partial charge < -0.3 is 11.1 Å². The summed E-state index contributed by atoms with van der Waals surface area (Å²) in [5.41, 5.74) is 6.51. The number of benzene rings is 1. The van der Waals surface area contributed by atoms with Gasteiger partial charge in [0.05, 0.1) is 0 Å². The second-order valence-corrected chi connectivity index (χ2v) is 5.54. The first-order chi connectivity index (χ1) is 8.21. The number of carbonyl (C=O) groups is 2. The Bertz CT molecular complexity index is 444. The number of amides is 2. The lowest BCUT2D eigenvalue weighted by atomic mass is 9.86. The van der Waals surface area contributed by atoms with Crippen LogP contribution in [-0.4, -0.2) is 17.9 Å². The topological polar surface area (TPSA) is 72.2 Å². The molecule has 1 aromatic carbocycles. The number of nitrogens with one attached hydrogen (secondary N) is 1. The van der Waals surface area contributed by atoms with Crippen LogP contribution in [0, 0.1) is 12.3 Å². The maximum absolute atomic E-state index is 12.0. The molecule has 4 nitrogen and oxygen atoms in total. The fourth-order valence-electron chi connectivity index (χ4n) is 1.63. The summed E-state index contributed by atoms with van der Waals surface area (Å²) in [5.74, 6) is -0.809. The van der Waals surface area contributed by atoms with Gasteiger partial charge in [0.1, 0.15) is 6.04 Å². The molecule has 4 heteroatoms. The standard InChI is InChI=1S/C14H20N2O2/c1-9-5-7-10(8-6-9)13(18)16-11(12(15)17)14(2,3)4/h5-8,11H,1-4H3,(H2,15,17)(H,16,18). The van der Waals surface area contributed by atoms with Crippen LogP contribution in [-0.2, 0) is 4.79 Å². The van der Waals surface area contributed by atoms with Crippen molar-refractivity contribution in [3.63, 3.8) is 0 Å². The third-order valence-corrected chi connectivity index (χ3v) is 2.74. The predicted octanol–water partition coefficient (Wildman–Crippen LogP) is 1.62. The van der Waals surface area contributed by atoms with E-state index in [4.69, 9.17) is 5.73 Å². The Hall–Kier alpha value is -1.84. The first-order valence-corrected chi connectivity index (χ1v) is 5.88. The quantitative estimate of drug-likeness (QED) is 0.853. The number of rotatable bonds is 3. The van der Waals surface area contributed by atoms with Gasteiger partial charge in [0.25, 0.3) is 5.91 Å². The van der Waals surface area contributed by atoms with Crippen LogP contribution in [0.5, 0.6) is 0 Å². The van der Waals surface area contributed by atoms with Crippen molar-refractivity contribution in [3.05, 3.63) is 35.4 Å². The lowest BCUT2D eigenvalue weighted by molar-refractivity contribution is -0.122. The largest absolute Gasteiger partial charge is 0.368 e. The van der Waals surface area contributed by atoms with E-state index in [1.54, 1.807) is 12.1 Å². The minimum absolute atomic E-state index is 0.284. The van der Waals surface area contributed by atoms with Crippen LogP contribution in [0.15, 0.2) is 24.3 Å². The van der Waals surface area contributed by atoms with Crippen LogP contribution in [0.25, 0.3) is 0 Å². The summed E-state index contributed by atoms with van der Waals surface area (Å²) < 4.78 is 0. The molecule has 1 aromatic rings. The molecule has 0 spiro atoms. The SMILES string of the molecule is Cc1ccc(C(=O)NC(C(N)=O)C(C)(C)C)cc1. The minimum Gasteiger partial charge on any atom is -0.368 e. The molecular weight excluding hydrogens is 228 g/mol. The molecule has 1 atom stereocenters. The van der Waals surface area contributed by atoms with E-state index in [0.29, 0.717) is 5.56 Å². The van der Waals surface area contributed by atoms with Crippen LogP contribution in [0.1, 0.15) is 36.7 Å². The van der Waals surface area contributed by atoms with E-state index in [1.165, 1.54) is 0 Å². The number of carbonyl (C=O) groups excluding carboxylic acids is 2. The van der Waals surface area contributed by atoms with Gasteiger partial charge in [-0.25, -0.2) is 0 Å². The molecule has 18 heavy (non-hydrogen) atoms. The van der Waals surface area contributed by atoms with Gasteiger partial charge >= 0.3 is 0 Å². The average Bonchev–Trinajstić information content (AvgIpc) is 2.24. The van der Waals surface area contributed by atoms with E-state index >= 15 is 0 Å². The first kappa shape index (κ1) is 14.2. The van der Waals surface area contributed by atoms with Gasteiger partial charge in [-0.1, -0.05) is 38.5 Å². The van der Waals surface area contributed by atoms with Crippen LogP contribution in [0.4, 0.5) is 0 Å². The van der Waals surface area contributed by atoms with Crippen molar-refractivity contribution >= 4 is 11.8 Å². The van der Waals surface area contributed by atoms with Gasteiger partial charge in [0, 0.05) is 5.56 Å². The highest BCUT2D eigenvalue weighted by molar-refractivity contribution is 5.97. The van der Waals surface area contributed by atoms with Crippen LogP contribution in [0.2, 0.25) is 0 Å². The number of primary amides is 1. The van der Waals surface area contributed by atoms with Crippen molar-refractivity contribution in [2.75, 3.05) is 0 Å². The van der Waals surface area contributed by atoms with Gasteiger partial charge in [-0.05, 0) is 24.5 Å². The second kappa shape index (κ2) is 5.21. The fourth-order valence-corrected chi connectivity index (χ4v) is 1.63. The van der Waals surface area contributed by atoms with Crippen LogP contribution in [0.3, 0.4) is 0 Å². The summed E-state index contributed by atoms with van der Waals surface area (Å²) in [4.78, 5) is 23.4. The van der Waals surface area contributed by atoms with Gasteiger partial charge in [-0.15, -0.1) is 0 Å². The Morgan fingerprint density at radius 3 is 2.06 bits per heavy atom. The summed E-state index contributed by atoms with van der Waals surface area (Å²) in [5, 5.41) is 2.68. The molecular formula is C14H20N2O2. The average molecular weight is 248 g/mol. The molecule has 3 N–H and O–H groups in total. The predicted molar refractivity (Wildman–Crippen MR) is 71.1 cm³/mol. The Balaban J connectivity index is 2.86. The van der Waals surface area contributed by atoms with E-state index in [2.05, 4.69) is 5.32 Å². The summed E-state index contributed by atoms with van der Waals surface area (Å²) in [6.45, 7) is 7.52. The third kappa shape index (κ3) is 3.58. The van der Waals surface area contributed by atoms with E-state index in [-0.39, 0.29) is 5.91 Å². The Kier molecular flexibility index (Phi) is 4.11. The molecule has 0 aliphatic heterocycles. The molecule has 98 valence electrons. The number of hydrogen-bond donors (Lipinski definition) is 2. The molecule has 1 rings (SSSR count). The van der Waals surface area contributed by atoms with Crippen molar-refractivity contribution in [2.45, 2.75) is 33.7 Å². The molecule has 2 amide bonds. The second-order valence-electron chi connectivity index (χ2n) is 5.54. The molecule has 0 aliphatic rings. The van der Waals surface area contributed by atoms with Gasteiger partial charge in [0.15, 0.2) is 0 Å². The number of nitrogens with two attached hydrogens (primary N) is 1. The molecule has 0 saturated heterocycles. The summed E-state index contributed by atoms with van der Waals surface area (Å²) in [6, 6.07) is 6.47. The van der Waals surface area contributed by atoms with Crippen LogP contribution < -0.4 is 11.1 Å². The van der Waals surface area contributed by atoms with E-state index in [0.717, 1.165) is 5.56 Å². The summed E-state index contributed by atoms with van der Waals surface area (Å²) >= 11 is 0. The highest BCUT2D eigenvalue weighted by Gasteiger charge is 2.31. The lowest BCUT2D eigenvalue weighted by Crippen LogP contribution is -2.52. The van der Waals surface area contributed by atoms with E-state index < -0.39 is 17.4 Å². The molecule has 0 fully saturated rings. The van der Waals surface area contributed by atoms with Crippen molar-refractivity contribution in [1.82, 2.24) is 5.32 Å². The number of aryl methyl sites for hydroxylation is 1. The minimum atomic E-state index is -0.689. The Morgan fingerprint density at radius 1 is 1.17 bits per heavy atom. The zero-order valence-electron chi connectivity index (χ0n) is 11.3. The van der Waals surface area contributed by atoms with Gasteiger partial charge in [-0.2, -0.15) is 0 Å². The third-order valence-electron chi connectivity index (χ3n) is 2.74. The summed E-state index contributed by atoms with van der Waals surface area (Å²) in [6.07, 6.45) is 0. The maximum Gasteiger partial charge on any atom is 0.251 e. The van der Waals surface area contributed by atoms with Gasteiger partial charge in [-0.3, -0.25) is 9.59 Å². The zero-order chi connectivity index (χ0) is 13.9. The number of hydrogen-bond acceptors (Lipinski definition) is 2. The van der Waals surface area contributed by atoms with Crippen molar-refractivity contribution in [2.24, 2.45) is 11.1 Å². The molecule has 0 saturated carbocycles. The lowest BCUT2D eigenvalue weighted by Gasteiger charge is -2.28. The van der Waals surface area contributed by atoms with E-state index in [9.17, 15) is 9.59 Å². The van der Waals surface area contributed by atoms with Crippen molar-refractivity contribution < 1.29 is 9.59 Å². The Morgan fingerprint density at radius 2 is 1.67 bits per heavy atom. The smallest absolute Gasteiger partial charge is 0.251 e. The van der Waals surface area contributed by atoms with E-state index in [1.807, 2.05) is 39.8 Å². The monoisotopic (exact) mass is 248 g/mol. The first-order valence-electron chi connectivity index (χ1n) is 5.88. The normalized spacial score (nSPS) is 12.9. The maximum atomic E-state index is 12.0. The molecule has 0 heterocycles. The molecule has 0 aromatic heterocycles. The molecule has 0 radical (unpaired) electrons. The molecule has 1 unspecified atom stereocenters. The summed E-state index contributed by atoms with van der Waals surface area (Å²) in [7, 11) is 0.